The van der Waals surface area contributed by atoms with Gasteiger partial charge in [0.2, 0.25) is 5.91 Å². The van der Waals surface area contributed by atoms with Crippen molar-refractivity contribution in [2.24, 2.45) is 11.7 Å². The molecule has 0 aliphatic carbocycles. The molecular formula is C11H24N2O2. The molecule has 4 atom stereocenters. The van der Waals surface area contributed by atoms with Gasteiger partial charge in [0.05, 0.1) is 12.1 Å². The Bertz CT molecular complexity index is 195. The summed E-state index contributed by atoms with van der Waals surface area (Å²) in [4.78, 5) is 11.6. The normalized spacial score (nSPS) is 19.1. The number of hydrogen-bond donors (Lipinski definition) is 3. The highest BCUT2D eigenvalue weighted by Gasteiger charge is 2.20. The van der Waals surface area contributed by atoms with E-state index < -0.39 is 12.1 Å². The second kappa shape index (κ2) is 6.80. The highest BCUT2D eigenvalue weighted by atomic mass is 16.3. The van der Waals surface area contributed by atoms with Gasteiger partial charge in [-0.3, -0.25) is 4.79 Å². The molecule has 0 radical (unpaired) electrons. The molecule has 0 rings (SSSR count). The standard InChI is InChI=1S/C11H24N2O2/c1-5-7(2)10(12)11(15)13-8(3)6-9(4)14/h7-10,14H,5-6,12H2,1-4H3,(H,13,15)/t7?,8?,9?,10-/m0/s1. The lowest BCUT2D eigenvalue weighted by Gasteiger charge is -2.21. The minimum atomic E-state index is -0.452. The van der Waals surface area contributed by atoms with Crippen molar-refractivity contribution in [1.29, 1.82) is 0 Å². The molecular weight excluding hydrogens is 192 g/mol. The third-order valence-electron chi connectivity index (χ3n) is 2.64. The summed E-state index contributed by atoms with van der Waals surface area (Å²) in [6.07, 6.45) is 1.04. The smallest absolute Gasteiger partial charge is 0.237 e. The van der Waals surface area contributed by atoms with E-state index >= 15 is 0 Å². The molecule has 0 saturated carbocycles. The van der Waals surface area contributed by atoms with Crippen molar-refractivity contribution < 1.29 is 9.90 Å². The van der Waals surface area contributed by atoms with Crippen molar-refractivity contribution in [2.45, 2.75) is 58.7 Å². The van der Waals surface area contributed by atoms with Crippen molar-refractivity contribution in [3.63, 3.8) is 0 Å². The molecule has 4 heteroatoms. The van der Waals surface area contributed by atoms with Crippen LogP contribution in [0, 0.1) is 5.92 Å². The summed E-state index contributed by atoms with van der Waals surface area (Å²) in [5.74, 6) is 0.0567. The van der Waals surface area contributed by atoms with E-state index in [9.17, 15) is 4.79 Å². The van der Waals surface area contributed by atoms with Gasteiger partial charge in [-0.25, -0.2) is 0 Å². The molecule has 0 aromatic carbocycles. The van der Waals surface area contributed by atoms with Crippen LogP contribution in [0.4, 0.5) is 0 Å². The molecule has 0 saturated heterocycles. The van der Waals surface area contributed by atoms with E-state index in [0.717, 1.165) is 6.42 Å². The molecule has 0 aromatic heterocycles. The fourth-order valence-corrected chi connectivity index (χ4v) is 1.42. The van der Waals surface area contributed by atoms with Crippen LogP contribution in [0.15, 0.2) is 0 Å². The maximum Gasteiger partial charge on any atom is 0.237 e. The number of aliphatic hydroxyl groups is 1. The summed E-state index contributed by atoms with van der Waals surface area (Å²) in [6.45, 7) is 7.55. The molecule has 4 nitrogen and oxygen atoms in total. The van der Waals surface area contributed by atoms with Gasteiger partial charge in [-0.1, -0.05) is 20.3 Å². The van der Waals surface area contributed by atoms with Crippen LogP contribution >= 0.6 is 0 Å². The van der Waals surface area contributed by atoms with Crippen molar-refractivity contribution in [1.82, 2.24) is 5.32 Å². The topological polar surface area (TPSA) is 75.4 Å². The highest BCUT2D eigenvalue weighted by Crippen LogP contribution is 2.06. The molecule has 0 fully saturated rings. The number of aliphatic hydroxyl groups excluding tert-OH is 1. The highest BCUT2D eigenvalue weighted by molar-refractivity contribution is 5.82. The Labute approximate surface area is 92.2 Å². The Morgan fingerprint density at radius 1 is 1.40 bits per heavy atom. The van der Waals surface area contributed by atoms with E-state index in [2.05, 4.69) is 5.32 Å². The van der Waals surface area contributed by atoms with E-state index in [4.69, 9.17) is 10.8 Å². The second-order valence-electron chi connectivity index (χ2n) is 4.41. The number of hydrogen-bond acceptors (Lipinski definition) is 3. The summed E-state index contributed by atoms with van der Waals surface area (Å²) >= 11 is 0. The Kier molecular flexibility index (Phi) is 6.52. The first-order valence-corrected chi connectivity index (χ1v) is 5.62. The third-order valence-corrected chi connectivity index (χ3v) is 2.64. The molecule has 90 valence electrons. The molecule has 0 aliphatic rings. The second-order valence-corrected chi connectivity index (χ2v) is 4.41. The SMILES string of the molecule is CCC(C)[C@H](N)C(=O)NC(C)CC(C)O. The first-order valence-electron chi connectivity index (χ1n) is 5.62. The molecule has 0 spiro atoms. The number of carbonyl (C=O) groups excluding carboxylic acids is 1. The summed E-state index contributed by atoms with van der Waals surface area (Å²) in [5.41, 5.74) is 5.78. The number of nitrogens with one attached hydrogen (secondary N) is 1. The zero-order valence-corrected chi connectivity index (χ0v) is 10.2. The minimum Gasteiger partial charge on any atom is -0.393 e. The van der Waals surface area contributed by atoms with Crippen LogP contribution in [-0.4, -0.2) is 29.2 Å². The van der Waals surface area contributed by atoms with E-state index in [-0.39, 0.29) is 17.9 Å². The summed E-state index contributed by atoms with van der Waals surface area (Å²) in [6, 6.07) is -0.487. The van der Waals surface area contributed by atoms with Gasteiger partial charge in [0, 0.05) is 6.04 Å². The van der Waals surface area contributed by atoms with Crippen LogP contribution in [0.25, 0.3) is 0 Å². The molecule has 3 unspecified atom stereocenters. The van der Waals surface area contributed by atoms with Gasteiger partial charge in [-0.15, -0.1) is 0 Å². The maximum atomic E-state index is 11.6. The molecule has 0 aromatic rings. The Morgan fingerprint density at radius 3 is 2.33 bits per heavy atom. The van der Waals surface area contributed by atoms with Gasteiger partial charge in [0.1, 0.15) is 0 Å². The Balaban J connectivity index is 4.01. The van der Waals surface area contributed by atoms with Crippen LogP contribution in [0.5, 0.6) is 0 Å². The quantitative estimate of drug-likeness (QED) is 0.610. The van der Waals surface area contributed by atoms with Gasteiger partial charge < -0.3 is 16.2 Å². The lowest BCUT2D eigenvalue weighted by Crippen LogP contribution is -2.48. The number of rotatable bonds is 6. The van der Waals surface area contributed by atoms with Crippen LogP contribution in [0.3, 0.4) is 0 Å². The molecule has 1 amide bonds. The first-order chi connectivity index (χ1) is 6.88. The zero-order chi connectivity index (χ0) is 12.0. The third kappa shape index (κ3) is 5.74. The van der Waals surface area contributed by atoms with Crippen molar-refractivity contribution >= 4 is 5.91 Å². The molecule has 0 heterocycles. The Morgan fingerprint density at radius 2 is 1.93 bits per heavy atom. The van der Waals surface area contributed by atoms with Crippen LogP contribution < -0.4 is 11.1 Å². The minimum absolute atomic E-state index is 0.0346. The summed E-state index contributed by atoms with van der Waals surface area (Å²) < 4.78 is 0. The largest absolute Gasteiger partial charge is 0.393 e. The maximum absolute atomic E-state index is 11.6. The predicted octanol–water partition coefficient (Wildman–Crippen LogP) is 0.635. The van der Waals surface area contributed by atoms with Crippen molar-refractivity contribution in [3.05, 3.63) is 0 Å². The van der Waals surface area contributed by atoms with Gasteiger partial charge in [0.15, 0.2) is 0 Å². The fraction of sp³-hybridized carbons (Fsp3) is 0.909. The predicted molar refractivity (Wildman–Crippen MR) is 61.3 cm³/mol. The van der Waals surface area contributed by atoms with Gasteiger partial charge in [0.25, 0.3) is 0 Å². The number of carbonyl (C=O) groups is 1. The monoisotopic (exact) mass is 216 g/mol. The summed E-state index contributed by atoms with van der Waals surface area (Å²) in [5, 5.41) is 11.9. The molecule has 0 aliphatic heterocycles. The van der Waals surface area contributed by atoms with Gasteiger partial charge in [-0.2, -0.15) is 0 Å². The number of nitrogens with two attached hydrogens (primary N) is 1. The average Bonchev–Trinajstić information content (AvgIpc) is 2.13. The van der Waals surface area contributed by atoms with Crippen LogP contribution in [-0.2, 0) is 4.79 Å². The number of amides is 1. The summed E-state index contributed by atoms with van der Waals surface area (Å²) in [7, 11) is 0. The lowest BCUT2D eigenvalue weighted by atomic mass is 9.99. The Hall–Kier alpha value is -0.610. The van der Waals surface area contributed by atoms with Crippen molar-refractivity contribution in [2.75, 3.05) is 0 Å². The van der Waals surface area contributed by atoms with E-state index in [0.29, 0.717) is 6.42 Å². The first kappa shape index (κ1) is 14.4. The lowest BCUT2D eigenvalue weighted by molar-refractivity contribution is -0.124. The zero-order valence-electron chi connectivity index (χ0n) is 10.2. The van der Waals surface area contributed by atoms with Crippen LogP contribution in [0.1, 0.15) is 40.5 Å². The van der Waals surface area contributed by atoms with E-state index in [1.807, 2.05) is 20.8 Å². The average molecular weight is 216 g/mol. The van der Waals surface area contributed by atoms with Gasteiger partial charge >= 0.3 is 0 Å². The molecule has 0 bridgehead atoms. The van der Waals surface area contributed by atoms with E-state index in [1.165, 1.54) is 0 Å². The fourth-order valence-electron chi connectivity index (χ4n) is 1.42. The van der Waals surface area contributed by atoms with E-state index in [1.54, 1.807) is 6.92 Å². The van der Waals surface area contributed by atoms with Crippen LogP contribution in [0.2, 0.25) is 0 Å². The van der Waals surface area contributed by atoms with Gasteiger partial charge in [-0.05, 0) is 26.2 Å². The molecule has 15 heavy (non-hydrogen) atoms. The van der Waals surface area contributed by atoms with Crippen molar-refractivity contribution in [3.8, 4) is 0 Å². The molecule has 4 N–H and O–H groups in total.